The molecule has 1 atom stereocenters. The average Bonchev–Trinajstić information content (AvgIpc) is 3.26. The first-order chi connectivity index (χ1) is 13.6. The summed E-state index contributed by atoms with van der Waals surface area (Å²) in [5.41, 5.74) is 0.986. The second kappa shape index (κ2) is 11.7. The molecule has 0 aliphatic carbocycles. The first-order valence-corrected chi connectivity index (χ1v) is 10.4. The predicted octanol–water partition coefficient (Wildman–Crippen LogP) is 2.54. The highest BCUT2D eigenvalue weighted by Gasteiger charge is 2.30. The third-order valence-corrected chi connectivity index (χ3v) is 5.60. The van der Waals surface area contributed by atoms with E-state index in [1.165, 1.54) is 12.1 Å². The molecule has 2 heterocycles. The van der Waals surface area contributed by atoms with Gasteiger partial charge in [0, 0.05) is 45.8 Å². The number of aliphatic imine (C=N–C) groups is 1. The van der Waals surface area contributed by atoms with E-state index in [0.717, 1.165) is 70.2 Å². The maximum Gasteiger partial charge on any atom is 0.239 e. The lowest BCUT2D eigenvalue weighted by Crippen LogP contribution is -2.57. The Morgan fingerprint density at radius 3 is 2.28 bits per heavy atom. The van der Waals surface area contributed by atoms with E-state index in [4.69, 9.17) is 4.99 Å². The molecule has 1 aromatic carbocycles. The van der Waals surface area contributed by atoms with E-state index in [2.05, 4.69) is 22.0 Å². The fourth-order valence-corrected chi connectivity index (χ4v) is 3.86. The maximum absolute atomic E-state index is 13.1. The molecule has 29 heavy (non-hydrogen) atoms. The number of rotatable bonds is 5. The summed E-state index contributed by atoms with van der Waals surface area (Å²) in [4.78, 5) is 23.9. The fourth-order valence-electron chi connectivity index (χ4n) is 3.86. The lowest BCUT2D eigenvalue weighted by atomic mass is 10.2. The molecule has 2 fully saturated rings. The van der Waals surface area contributed by atoms with E-state index in [0.29, 0.717) is 6.54 Å². The van der Waals surface area contributed by atoms with Gasteiger partial charge in [-0.2, -0.15) is 0 Å². The highest BCUT2D eigenvalue weighted by atomic mass is 127. The predicted molar refractivity (Wildman–Crippen MR) is 125 cm³/mol. The topological polar surface area (TPSA) is 51.2 Å². The second-order valence-electron chi connectivity index (χ2n) is 7.53. The summed E-state index contributed by atoms with van der Waals surface area (Å²) < 4.78 is 13.1. The molecule has 6 nitrogen and oxygen atoms in total. The molecule has 1 aromatic rings. The van der Waals surface area contributed by atoms with Crippen LogP contribution in [0.3, 0.4) is 0 Å². The van der Waals surface area contributed by atoms with E-state index in [9.17, 15) is 9.18 Å². The summed E-state index contributed by atoms with van der Waals surface area (Å²) in [7, 11) is 0. The van der Waals surface area contributed by atoms with Gasteiger partial charge in [0.2, 0.25) is 5.91 Å². The third-order valence-electron chi connectivity index (χ3n) is 5.60. The molecule has 0 bridgehead atoms. The zero-order chi connectivity index (χ0) is 19.9. The van der Waals surface area contributed by atoms with Crippen molar-refractivity contribution in [3.63, 3.8) is 0 Å². The Morgan fingerprint density at radius 1 is 1.07 bits per heavy atom. The molecule has 1 N–H and O–H groups in total. The number of likely N-dealkylation sites (tertiary alicyclic amines) is 1. The van der Waals surface area contributed by atoms with Gasteiger partial charge in [0.05, 0.1) is 12.6 Å². The van der Waals surface area contributed by atoms with Crippen LogP contribution >= 0.6 is 24.0 Å². The largest absolute Gasteiger partial charge is 0.357 e. The molecule has 0 aromatic heterocycles. The van der Waals surface area contributed by atoms with Gasteiger partial charge in [0.15, 0.2) is 5.96 Å². The van der Waals surface area contributed by atoms with Gasteiger partial charge in [-0.15, -0.1) is 24.0 Å². The Morgan fingerprint density at radius 2 is 1.69 bits per heavy atom. The maximum atomic E-state index is 13.1. The van der Waals surface area contributed by atoms with Crippen LogP contribution in [-0.4, -0.2) is 78.4 Å². The Hall–Kier alpha value is -1.42. The molecular formula is C21H33FIN5O. The van der Waals surface area contributed by atoms with Gasteiger partial charge < -0.3 is 15.1 Å². The van der Waals surface area contributed by atoms with Crippen LogP contribution in [0, 0.1) is 5.82 Å². The SMILES string of the molecule is CCNC(=NCc1ccc(F)cc1)N1CCN(C(C)C(=O)N2CCCC2)CC1.I. The minimum absolute atomic E-state index is 0. The molecule has 2 saturated heterocycles. The first-order valence-electron chi connectivity index (χ1n) is 10.4. The van der Waals surface area contributed by atoms with Gasteiger partial charge >= 0.3 is 0 Å². The zero-order valence-corrected chi connectivity index (χ0v) is 19.8. The molecule has 2 aliphatic rings. The first kappa shape index (κ1) is 23.9. The van der Waals surface area contributed by atoms with Crippen molar-refractivity contribution in [2.24, 2.45) is 4.99 Å². The van der Waals surface area contributed by atoms with Gasteiger partial charge in [-0.05, 0) is 44.4 Å². The van der Waals surface area contributed by atoms with Crippen molar-refractivity contribution in [2.45, 2.75) is 39.3 Å². The number of amides is 1. The van der Waals surface area contributed by atoms with E-state index in [1.54, 1.807) is 12.1 Å². The van der Waals surface area contributed by atoms with Crippen molar-refractivity contribution in [3.8, 4) is 0 Å². The van der Waals surface area contributed by atoms with E-state index in [1.807, 2.05) is 11.8 Å². The number of carbonyl (C=O) groups is 1. The Bertz CT molecular complexity index is 670. The summed E-state index contributed by atoms with van der Waals surface area (Å²) in [6.45, 7) is 10.6. The van der Waals surface area contributed by atoms with Crippen molar-refractivity contribution < 1.29 is 9.18 Å². The summed E-state index contributed by atoms with van der Waals surface area (Å²) in [5.74, 6) is 0.918. The Balaban J connectivity index is 0.00000300. The van der Waals surface area contributed by atoms with Gasteiger partial charge in [-0.3, -0.25) is 9.69 Å². The third kappa shape index (κ3) is 6.53. The summed E-state index contributed by atoms with van der Waals surface area (Å²) in [5, 5.41) is 3.35. The lowest BCUT2D eigenvalue weighted by Gasteiger charge is -2.39. The Labute approximate surface area is 190 Å². The summed E-state index contributed by atoms with van der Waals surface area (Å²) >= 11 is 0. The smallest absolute Gasteiger partial charge is 0.239 e. The van der Waals surface area contributed by atoms with Crippen LogP contribution in [0.5, 0.6) is 0 Å². The number of hydrogen-bond donors (Lipinski definition) is 1. The summed E-state index contributed by atoms with van der Waals surface area (Å²) in [6, 6.07) is 6.42. The van der Waals surface area contributed by atoms with Crippen molar-refractivity contribution in [1.29, 1.82) is 0 Å². The minimum atomic E-state index is -0.228. The number of nitrogens with one attached hydrogen (secondary N) is 1. The molecule has 8 heteroatoms. The molecule has 162 valence electrons. The van der Waals surface area contributed by atoms with Crippen LogP contribution in [0.4, 0.5) is 4.39 Å². The minimum Gasteiger partial charge on any atom is -0.357 e. The standard InChI is InChI=1S/C21H32FN5O.HI/c1-3-23-21(24-16-18-6-8-19(22)9-7-18)27-14-12-25(13-15-27)17(2)20(28)26-10-4-5-11-26;/h6-9,17H,3-5,10-16H2,1-2H3,(H,23,24);1H. The van der Waals surface area contributed by atoms with Crippen molar-refractivity contribution in [3.05, 3.63) is 35.6 Å². The molecule has 0 saturated carbocycles. The number of halogens is 2. The molecule has 0 radical (unpaired) electrons. The summed E-state index contributed by atoms with van der Waals surface area (Å²) in [6.07, 6.45) is 2.26. The van der Waals surface area contributed by atoms with Crippen molar-refractivity contribution in [1.82, 2.24) is 20.0 Å². The number of guanidine groups is 1. The van der Waals surface area contributed by atoms with E-state index < -0.39 is 0 Å². The van der Waals surface area contributed by atoms with Gasteiger partial charge in [-0.25, -0.2) is 9.38 Å². The quantitative estimate of drug-likeness (QED) is 0.371. The van der Waals surface area contributed by atoms with E-state index >= 15 is 0 Å². The second-order valence-corrected chi connectivity index (χ2v) is 7.53. The molecule has 2 aliphatic heterocycles. The zero-order valence-electron chi connectivity index (χ0n) is 17.4. The van der Waals surface area contributed by atoms with E-state index in [-0.39, 0.29) is 41.7 Å². The van der Waals surface area contributed by atoms with Crippen LogP contribution in [0.1, 0.15) is 32.3 Å². The molecule has 1 amide bonds. The Kier molecular flexibility index (Phi) is 9.61. The van der Waals surface area contributed by atoms with Crippen molar-refractivity contribution >= 4 is 35.8 Å². The number of carbonyl (C=O) groups excluding carboxylic acids is 1. The van der Waals surface area contributed by atoms with Crippen LogP contribution in [-0.2, 0) is 11.3 Å². The van der Waals surface area contributed by atoms with Gasteiger partial charge in [0.25, 0.3) is 0 Å². The highest BCUT2D eigenvalue weighted by Crippen LogP contribution is 2.14. The van der Waals surface area contributed by atoms with Gasteiger partial charge in [-0.1, -0.05) is 12.1 Å². The van der Waals surface area contributed by atoms with Gasteiger partial charge in [0.1, 0.15) is 5.82 Å². The normalized spacial score (nSPS) is 19.1. The number of hydrogen-bond acceptors (Lipinski definition) is 3. The van der Waals surface area contributed by atoms with Crippen LogP contribution < -0.4 is 5.32 Å². The fraction of sp³-hybridized carbons (Fsp3) is 0.619. The number of nitrogens with zero attached hydrogens (tertiary/aromatic N) is 4. The van der Waals surface area contributed by atoms with Crippen LogP contribution in [0.15, 0.2) is 29.3 Å². The molecule has 0 spiro atoms. The number of benzene rings is 1. The lowest BCUT2D eigenvalue weighted by molar-refractivity contribution is -0.135. The van der Waals surface area contributed by atoms with Crippen molar-refractivity contribution in [2.75, 3.05) is 45.8 Å². The molecular weight excluding hydrogens is 484 g/mol. The van der Waals surface area contributed by atoms with Crippen LogP contribution in [0.25, 0.3) is 0 Å². The monoisotopic (exact) mass is 517 g/mol. The molecule has 1 unspecified atom stereocenters. The highest BCUT2D eigenvalue weighted by molar-refractivity contribution is 14.0. The number of piperazine rings is 1. The molecule has 3 rings (SSSR count). The van der Waals surface area contributed by atoms with Crippen LogP contribution in [0.2, 0.25) is 0 Å². The average molecular weight is 517 g/mol.